The minimum Gasteiger partial charge on any atom is -0.348 e. The van der Waals surface area contributed by atoms with Crippen LogP contribution in [0.1, 0.15) is 20.9 Å². The predicted molar refractivity (Wildman–Crippen MR) is 103 cm³/mol. The maximum atomic E-state index is 12.4. The summed E-state index contributed by atoms with van der Waals surface area (Å²) in [6, 6.07) is 11.6. The van der Waals surface area contributed by atoms with E-state index in [0.29, 0.717) is 12.1 Å². The van der Waals surface area contributed by atoms with E-state index in [0.717, 1.165) is 32.0 Å². The molecule has 0 saturated carbocycles. The van der Waals surface area contributed by atoms with Gasteiger partial charge in [0.25, 0.3) is 5.91 Å². The van der Waals surface area contributed by atoms with E-state index in [2.05, 4.69) is 20.7 Å². The highest BCUT2D eigenvalue weighted by atomic mass is 32.1. The van der Waals surface area contributed by atoms with Crippen LogP contribution in [0.15, 0.2) is 53.4 Å². The molecule has 25 heavy (non-hydrogen) atoms. The van der Waals surface area contributed by atoms with Crippen molar-refractivity contribution in [3.05, 3.63) is 69.5 Å². The fourth-order valence-corrected chi connectivity index (χ4v) is 4.13. The number of nitrogens with zero attached hydrogens (tertiary/aromatic N) is 2. The number of thiophene rings is 1. The summed E-state index contributed by atoms with van der Waals surface area (Å²) in [5, 5.41) is 8.08. The third-order valence-electron chi connectivity index (χ3n) is 3.85. The fraction of sp³-hybridized carbons (Fsp3) is 0.105. The number of rotatable bonds is 4. The van der Waals surface area contributed by atoms with Crippen LogP contribution >= 0.6 is 22.7 Å². The number of amides is 1. The van der Waals surface area contributed by atoms with Crippen LogP contribution in [0.2, 0.25) is 0 Å². The van der Waals surface area contributed by atoms with E-state index in [1.165, 1.54) is 0 Å². The topological polar surface area (TPSA) is 54.9 Å². The number of aryl methyl sites for hydroxylation is 1. The van der Waals surface area contributed by atoms with Crippen LogP contribution in [0.25, 0.3) is 21.5 Å². The number of nitrogens with one attached hydrogen (secondary N) is 1. The average Bonchev–Trinajstić information content (AvgIpc) is 3.27. The van der Waals surface area contributed by atoms with Crippen LogP contribution in [0.5, 0.6) is 0 Å². The van der Waals surface area contributed by atoms with Crippen LogP contribution in [0.4, 0.5) is 0 Å². The van der Waals surface area contributed by atoms with Crippen molar-refractivity contribution in [2.75, 3.05) is 0 Å². The van der Waals surface area contributed by atoms with Crippen molar-refractivity contribution in [3.63, 3.8) is 0 Å². The van der Waals surface area contributed by atoms with Crippen LogP contribution in [-0.2, 0) is 6.54 Å². The molecule has 0 radical (unpaired) electrons. The van der Waals surface area contributed by atoms with Gasteiger partial charge in [0.05, 0.1) is 20.9 Å². The van der Waals surface area contributed by atoms with E-state index < -0.39 is 0 Å². The first-order chi connectivity index (χ1) is 12.2. The lowest BCUT2D eigenvalue weighted by molar-refractivity contribution is 0.0951. The van der Waals surface area contributed by atoms with Crippen LogP contribution in [0.3, 0.4) is 0 Å². The Morgan fingerprint density at radius 2 is 2.12 bits per heavy atom. The summed E-state index contributed by atoms with van der Waals surface area (Å²) in [5.74, 6) is -0.0816. The normalized spacial score (nSPS) is 10.9. The third kappa shape index (κ3) is 3.45. The Morgan fingerprint density at radius 3 is 2.96 bits per heavy atom. The number of benzene rings is 1. The Morgan fingerprint density at radius 1 is 1.20 bits per heavy atom. The summed E-state index contributed by atoms with van der Waals surface area (Å²) in [5.41, 5.74) is 4.65. The van der Waals surface area contributed by atoms with Crippen LogP contribution < -0.4 is 5.32 Å². The van der Waals surface area contributed by atoms with Crippen LogP contribution in [0, 0.1) is 6.92 Å². The van der Waals surface area contributed by atoms with Crippen molar-refractivity contribution in [2.45, 2.75) is 13.5 Å². The number of aromatic nitrogens is 2. The summed E-state index contributed by atoms with van der Waals surface area (Å²) in [6.45, 7) is 2.44. The van der Waals surface area contributed by atoms with Gasteiger partial charge in [0.15, 0.2) is 0 Å². The molecule has 0 fully saturated rings. The van der Waals surface area contributed by atoms with Crippen LogP contribution in [-0.4, -0.2) is 15.9 Å². The summed E-state index contributed by atoms with van der Waals surface area (Å²) < 4.78 is 1.04. The Balaban J connectivity index is 1.48. The van der Waals surface area contributed by atoms with Gasteiger partial charge >= 0.3 is 0 Å². The maximum Gasteiger partial charge on any atom is 0.251 e. The Kier molecular flexibility index (Phi) is 4.29. The average molecular weight is 365 g/mol. The molecular formula is C19H15N3OS2. The van der Waals surface area contributed by atoms with Gasteiger partial charge in [0, 0.05) is 29.2 Å². The zero-order valence-corrected chi connectivity index (χ0v) is 15.2. The number of carbonyl (C=O) groups is 1. The molecule has 0 aliphatic rings. The fourth-order valence-electron chi connectivity index (χ4n) is 2.62. The molecule has 3 heterocycles. The van der Waals surface area contributed by atoms with E-state index in [-0.39, 0.29) is 5.91 Å². The molecule has 0 bridgehead atoms. The van der Waals surface area contributed by atoms with Gasteiger partial charge in [-0.05, 0) is 54.3 Å². The van der Waals surface area contributed by atoms with Gasteiger partial charge in [0.1, 0.15) is 0 Å². The molecule has 1 N–H and O–H groups in total. The van der Waals surface area contributed by atoms with E-state index in [1.54, 1.807) is 28.9 Å². The third-order valence-corrected chi connectivity index (χ3v) is 5.47. The highest BCUT2D eigenvalue weighted by Gasteiger charge is 2.09. The molecular weight excluding hydrogens is 350 g/mol. The van der Waals surface area contributed by atoms with E-state index in [9.17, 15) is 4.79 Å². The largest absolute Gasteiger partial charge is 0.348 e. The standard InChI is InChI=1S/C19H15N3OS2/c1-12-22-16-3-2-14(9-18(16)25-12)19(23)21-10-13-4-6-20-17(8-13)15-5-7-24-11-15/h2-9,11H,10H2,1H3,(H,21,23). The van der Waals surface area contributed by atoms with Crippen molar-refractivity contribution in [3.8, 4) is 11.3 Å². The lowest BCUT2D eigenvalue weighted by Gasteiger charge is -2.07. The number of hydrogen-bond donors (Lipinski definition) is 1. The first kappa shape index (κ1) is 15.9. The highest BCUT2D eigenvalue weighted by Crippen LogP contribution is 2.23. The number of hydrogen-bond acceptors (Lipinski definition) is 5. The molecule has 124 valence electrons. The second-order valence-corrected chi connectivity index (χ2v) is 7.67. The molecule has 1 aromatic carbocycles. The SMILES string of the molecule is Cc1nc2ccc(C(=O)NCc3ccnc(-c4ccsc4)c3)cc2s1. The number of fused-ring (bicyclic) bond motifs is 1. The van der Waals surface area contributed by atoms with Gasteiger partial charge in [-0.2, -0.15) is 11.3 Å². The second kappa shape index (κ2) is 6.74. The monoisotopic (exact) mass is 365 g/mol. The quantitative estimate of drug-likeness (QED) is 0.572. The molecule has 1 amide bonds. The van der Waals surface area contributed by atoms with Gasteiger partial charge in [-0.1, -0.05) is 0 Å². The molecule has 0 saturated heterocycles. The van der Waals surface area contributed by atoms with Crippen molar-refractivity contribution < 1.29 is 4.79 Å². The van der Waals surface area contributed by atoms with Crippen molar-refractivity contribution in [1.82, 2.24) is 15.3 Å². The van der Waals surface area contributed by atoms with E-state index >= 15 is 0 Å². The summed E-state index contributed by atoms with van der Waals surface area (Å²) in [6.07, 6.45) is 1.78. The number of thiazole rings is 1. The van der Waals surface area contributed by atoms with Gasteiger partial charge < -0.3 is 5.32 Å². The molecule has 4 aromatic rings. The first-order valence-corrected chi connectivity index (χ1v) is 9.58. The Bertz CT molecular complexity index is 1040. The van der Waals surface area contributed by atoms with E-state index in [1.807, 2.05) is 48.7 Å². The van der Waals surface area contributed by atoms with Crippen molar-refractivity contribution >= 4 is 38.8 Å². The minimum absolute atomic E-state index is 0.0816. The zero-order valence-electron chi connectivity index (χ0n) is 13.5. The molecule has 0 spiro atoms. The maximum absolute atomic E-state index is 12.4. The van der Waals surface area contributed by atoms with Gasteiger partial charge in [-0.25, -0.2) is 4.98 Å². The molecule has 0 atom stereocenters. The molecule has 0 aliphatic heterocycles. The lowest BCUT2D eigenvalue weighted by atomic mass is 10.1. The van der Waals surface area contributed by atoms with Gasteiger partial charge in [-0.3, -0.25) is 9.78 Å². The smallest absolute Gasteiger partial charge is 0.251 e. The van der Waals surface area contributed by atoms with Gasteiger partial charge in [-0.15, -0.1) is 11.3 Å². The second-order valence-electron chi connectivity index (χ2n) is 5.66. The molecule has 4 rings (SSSR count). The van der Waals surface area contributed by atoms with E-state index in [4.69, 9.17) is 0 Å². The summed E-state index contributed by atoms with van der Waals surface area (Å²) >= 11 is 3.24. The molecule has 3 aromatic heterocycles. The van der Waals surface area contributed by atoms with Crippen molar-refractivity contribution in [1.29, 1.82) is 0 Å². The summed E-state index contributed by atoms with van der Waals surface area (Å²) in [7, 11) is 0. The lowest BCUT2D eigenvalue weighted by Crippen LogP contribution is -2.22. The Labute approximate surface area is 153 Å². The molecule has 0 unspecified atom stereocenters. The molecule has 0 aliphatic carbocycles. The minimum atomic E-state index is -0.0816. The summed E-state index contributed by atoms with van der Waals surface area (Å²) in [4.78, 5) is 21.3. The molecule has 4 nitrogen and oxygen atoms in total. The number of carbonyl (C=O) groups excluding carboxylic acids is 1. The Hall–Kier alpha value is -2.57. The first-order valence-electron chi connectivity index (χ1n) is 7.82. The zero-order chi connectivity index (χ0) is 17.2. The predicted octanol–water partition coefficient (Wildman–Crippen LogP) is 4.66. The molecule has 6 heteroatoms. The van der Waals surface area contributed by atoms with Crippen molar-refractivity contribution in [2.24, 2.45) is 0 Å². The highest BCUT2D eigenvalue weighted by molar-refractivity contribution is 7.18. The number of pyridine rings is 1. The van der Waals surface area contributed by atoms with Gasteiger partial charge in [0.2, 0.25) is 0 Å².